The molecule has 0 radical (unpaired) electrons. The molecule has 0 unspecified atom stereocenters. The zero-order chi connectivity index (χ0) is 16.7. The first-order valence-electron chi connectivity index (χ1n) is 7.38. The highest BCUT2D eigenvalue weighted by molar-refractivity contribution is 5.92. The minimum atomic E-state index is -0.164. The van der Waals surface area contributed by atoms with E-state index < -0.39 is 0 Å². The minimum Gasteiger partial charge on any atom is -0.497 e. The zero-order valence-corrected chi connectivity index (χ0v) is 13.7. The monoisotopic (exact) mass is 314 g/mol. The smallest absolute Gasteiger partial charge is 0.269 e. The molecule has 122 valence electrons. The molecule has 0 aliphatic carbocycles. The highest BCUT2D eigenvalue weighted by atomic mass is 16.5. The molecule has 6 nitrogen and oxygen atoms in total. The molecule has 0 fully saturated rings. The predicted molar refractivity (Wildman–Crippen MR) is 91.4 cm³/mol. The maximum atomic E-state index is 11.9. The van der Waals surface area contributed by atoms with Crippen molar-refractivity contribution < 1.29 is 9.53 Å². The van der Waals surface area contributed by atoms with E-state index in [9.17, 15) is 4.79 Å². The summed E-state index contributed by atoms with van der Waals surface area (Å²) in [5.41, 5.74) is 2.15. The Morgan fingerprint density at radius 3 is 2.39 bits per heavy atom. The summed E-state index contributed by atoms with van der Waals surface area (Å²) in [6.07, 6.45) is 1.64. The average Bonchev–Trinajstić information content (AvgIpc) is 2.56. The van der Waals surface area contributed by atoms with Gasteiger partial charge in [-0.25, -0.2) is 4.98 Å². The van der Waals surface area contributed by atoms with Gasteiger partial charge >= 0.3 is 0 Å². The van der Waals surface area contributed by atoms with Crippen LogP contribution in [0.1, 0.15) is 10.5 Å². The topological polar surface area (TPSA) is 66.5 Å². The van der Waals surface area contributed by atoms with Crippen LogP contribution < -0.4 is 15.4 Å². The lowest BCUT2D eigenvalue weighted by Crippen LogP contribution is -2.31. The number of ether oxygens (including phenoxy) is 1. The van der Waals surface area contributed by atoms with Crippen molar-refractivity contribution in [2.24, 2.45) is 0 Å². The third kappa shape index (κ3) is 5.27. The SMILES string of the molecule is COc1ccc(Nc2ccc(C(=O)NCCN(C)C)nc2)cc1. The van der Waals surface area contributed by atoms with Gasteiger partial charge in [-0.05, 0) is 50.5 Å². The average molecular weight is 314 g/mol. The van der Waals surface area contributed by atoms with Crippen molar-refractivity contribution in [2.75, 3.05) is 39.6 Å². The number of anilines is 2. The fourth-order valence-corrected chi connectivity index (χ4v) is 1.93. The standard InChI is InChI=1S/C17H22N4O2/c1-21(2)11-10-18-17(22)16-9-6-14(12-19-16)20-13-4-7-15(23-3)8-5-13/h4-9,12,20H,10-11H2,1-3H3,(H,18,22). The Labute approximate surface area is 136 Å². The van der Waals surface area contributed by atoms with E-state index in [-0.39, 0.29) is 5.91 Å². The van der Waals surface area contributed by atoms with Crippen LogP contribution >= 0.6 is 0 Å². The van der Waals surface area contributed by atoms with E-state index in [2.05, 4.69) is 15.6 Å². The number of likely N-dealkylation sites (N-methyl/N-ethyl adjacent to an activating group) is 1. The fourth-order valence-electron chi connectivity index (χ4n) is 1.93. The Morgan fingerprint density at radius 2 is 1.83 bits per heavy atom. The molecule has 1 heterocycles. The van der Waals surface area contributed by atoms with Crippen molar-refractivity contribution in [3.8, 4) is 5.75 Å². The molecule has 6 heteroatoms. The second-order valence-electron chi connectivity index (χ2n) is 5.34. The molecule has 23 heavy (non-hydrogen) atoms. The molecular formula is C17H22N4O2. The molecule has 1 aromatic heterocycles. The van der Waals surface area contributed by atoms with Crippen molar-refractivity contribution in [1.29, 1.82) is 0 Å². The molecule has 0 spiro atoms. The molecule has 0 atom stereocenters. The highest BCUT2D eigenvalue weighted by Gasteiger charge is 2.06. The van der Waals surface area contributed by atoms with Crippen molar-refractivity contribution >= 4 is 17.3 Å². The summed E-state index contributed by atoms with van der Waals surface area (Å²) in [5.74, 6) is 0.640. The summed E-state index contributed by atoms with van der Waals surface area (Å²) in [6, 6.07) is 11.1. The van der Waals surface area contributed by atoms with E-state index in [0.717, 1.165) is 23.7 Å². The van der Waals surface area contributed by atoms with Gasteiger partial charge in [0.05, 0.1) is 19.0 Å². The summed E-state index contributed by atoms with van der Waals surface area (Å²) < 4.78 is 5.12. The molecule has 2 N–H and O–H groups in total. The van der Waals surface area contributed by atoms with Crippen LogP contribution in [0, 0.1) is 0 Å². The van der Waals surface area contributed by atoms with Gasteiger partial charge < -0.3 is 20.3 Å². The van der Waals surface area contributed by atoms with Gasteiger partial charge in [0, 0.05) is 18.8 Å². The van der Waals surface area contributed by atoms with Crippen LogP contribution in [-0.4, -0.2) is 50.1 Å². The normalized spacial score (nSPS) is 10.4. The largest absolute Gasteiger partial charge is 0.497 e. The summed E-state index contributed by atoms with van der Waals surface area (Å²) in [4.78, 5) is 18.1. The maximum absolute atomic E-state index is 11.9. The van der Waals surface area contributed by atoms with E-state index in [1.54, 1.807) is 19.4 Å². The number of nitrogens with one attached hydrogen (secondary N) is 2. The van der Waals surface area contributed by atoms with E-state index in [1.807, 2.05) is 49.3 Å². The first-order valence-corrected chi connectivity index (χ1v) is 7.38. The summed E-state index contributed by atoms with van der Waals surface area (Å²) in [7, 11) is 5.56. The number of hydrogen-bond acceptors (Lipinski definition) is 5. The van der Waals surface area contributed by atoms with Gasteiger partial charge in [-0.15, -0.1) is 0 Å². The number of pyridine rings is 1. The Bertz CT molecular complexity index is 624. The number of carbonyl (C=O) groups excluding carboxylic acids is 1. The molecule has 0 saturated carbocycles. The van der Waals surface area contributed by atoms with Crippen LogP contribution in [0.2, 0.25) is 0 Å². The van der Waals surface area contributed by atoms with Crippen LogP contribution in [0.25, 0.3) is 0 Å². The van der Waals surface area contributed by atoms with Gasteiger partial charge in [-0.3, -0.25) is 4.79 Å². The highest BCUT2D eigenvalue weighted by Crippen LogP contribution is 2.19. The Kier molecular flexibility index (Phi) is 5.94. The molecule has 0 bridgehead atoms. The minimum absolute atomic E-state index is 0.164. The predicted octanol–water partition coefficient (Wildman–Crippen LogP) is 2.13. The number of methoxy groups -OCH3 is 1. The molecule has 2 rings (SSSR count). The maximum Gasteiger partial charge on any atom is 0.269 e. The van der Waals surface area contributed by atoms with Crippen molar-refractivity contribution in [2.45, 2.75) is 0 Å². The van der Waals surface area contributed by atoms with Crippen LogP contribution in [0.15, 0.2) is 42.6 Å². The van der Waals surface area contributed by atoms with Gasteiger partial charge in [0.25, 0.3) is 5.91 Å². The number of hydrogen-bond donors (Lipinski definition) is 2. The number of amides is 1. The van der Waals surface area contributed by atoms with Crippen LogP contribution in [0.3, 0.4) is 0 Å². The van der Waals surface area contributed by atoms with E-state index in [1.165, 1.54) is 0 Å². The molecule has 2 aromatic rings. The van der Waals surface area contributed by atoms with Gasteiger partial charge in [0.15, 0.2) is 0 Å². The number of aromatic nitrogens is 1. The second kappa shape index (κ2) is 8.14. The molecule has 0 aliphatic rings. The van der Waals surface area contributed by atoms with Crippen LogP contribution in [-0.2, 0) is 0 Å². The molecule has 1 aromatic carbocycles. The first-order chi connectivity index (χ1) is 11.1. The van der Waals surface area contributed by atoms with Gasteiger partial charge in [-0.2, -0.15) is 0 Å². The molecular weight excluding hydrogens is 292 g/mol. The third-order valence-electron chi connectivity index (χ3n) is 3.22. The van der Waals surface area contributed by atoms with E-state index >= 15 is 0 Å². The number of benzene rings is 1. The number of nitrogens with zero attached hydrogens (tertiary/aromatic N) is 2. The van der Waals surface area contributed by atoms with Gasteiger partial charge in [0.1, 0.15) is 11.4 Å². The number of carbonyl (C=O) groups is 1. The quantitative estimate of drug-likeness (QED) is 0.819. The van der Waals surface area contributed by atoms with Crippen molar-refractivity contribution in [3.63, 3.8) is 0 Å². The molecule has 0 aliphatic heterocycles. The third-order valence-corrected chi connectivity index (χ3v) is 3.22. The molecule has 1 amide bonds. The van der Waals surface area contributed by atoms with Crippen LogP contribution in [0.5, 0.6) is 5.75 Å². The second-order valence-corrected chi connectivity index (χ2v) is 5.34. The first kappa shape index (κ1) is 16.8. The van der Waals surface area contributed by atoms with E-state index in [0.29, 0.717) is 12.2 Å². The summed E-state index contributed by atoms with van der Waals surface area (Å²) in [6.45, 7) is 1.39. The fraction of sp³-hybridized carbons (Fsp3) is 0.294. The Morgan fingerprint density at radius 1 is 1.13 bits per heavy atom. The lowest BCUT2D eigenvalue weighted by molar-refractivity contribution is 0.0946. The number of rotatable bonds is 7. The molecule has 0 saturated heterocycles. The summed E-state index contributed by atoms with van der Waals surface area (Å²) >= 11 is 0. The van der Waals surface area contributed by atoms with Gasteiger partial charge in [0.2, 0.25) is 0 Å². The van der Waals surface area contributed by atoms with Crippen molar-refractivity contribution in [3.05, 3.63) is 48.3 Å². The Balaban J connectivity index is 1.91. The van der Waals surface area contributed by atoms with E-state index in [4.69, 9.17) is 4.74 Å². The Hall–Kier alpha value is -2.60. The van der Waals surface area contributed by atoms with Gasteiger partial charge in [-0.1, -0.05) is 0 Å². The van der Waals surface area contributed by atoms with Crippen molar-refractivity contribution in [1.82, 2.24) is 15.2 Å². The zero-order valence-electron chi connectivity index (χ0n) is 13.7. The lowest BCUT2D eigenvalue weighted by atomic mass is 10.2. The van der Waals surface area contributed by atoms with Crippen LogP contribution in [0.4, 0.5) is 11.4 Å². The summed E-state index contributed by atoms with van der Waals surface area (Å²) in [5, 5.41) is 6.06. The lowest BCUT2D eigenvalue weighted by Gasteiger charge is -2.10.